The Hall–Kier alpha value is -3.27. The number of phenolic OH excluding ortho intramolecular Hbond substituents is 1. The van der Waals surface area contributed by atoms with Gasteiger partial charge in [-0.1, -0.05) is 24.3 Å². The first kappa shape index (κ1) is 17.1. The minimum atomic E-state index is -4.63. The van der Waals surface area contributed by atoms with Crippen LogP contribution in [-0.2, 0) is 11.0 Å². The molecule has 0 radical (unpaired) electrons. The van der Waals surface area contributed by atoms with Crippen LogP contribution in [0.5, 0.6) is 5.75 Å². The lowest BCUT2D eigenvalue weighted by molar-refractivity contribution is -0.137. The number of aromatic hydroxyl groups is 1. The van der Waals surface area contributed by atoms with Crippen molar-refractivity contribution >= 4 is 17.7 Å². The molecular formula is C17H11F3N2O2. The van der Waals surface area contributed by atoms with Crippen molar-refractivity contribution in [1.82, 2.24) is 0 Å². The first-order chi connectivity index (χ1) is 11.3. The van der Waals surface area contributed by atoms with Crippen molar-refractivity contribution in [3.8, 4) is 11.8 Å². The lowest BCUT2D eigenvalue weighted by atomic mass is 10.1. The Bertz CT molecular complexity index is 836. The average Bonchev–Trinajstić information content (AvgIpc) is 2.52. The number of alkyl halides is 3. The second kappa shape index (κ2) is 6.87. The maximum atomic E-state index is 12.9. The Balaban J connectivity index is 2.31. The molecule has 122 valence electrons. The van der Waals surface area contributed by atoms with Crippen molar-refractivity contribution in [1.29, 1.82) is 5.26 Å². The third kappa shape index (κ3) is 4.14. The van der Waals surface area contributed by atoms with E-state index >= 15 is 0 Å². The van der Waals surface area contributed by atoms with Crippen molar-refractivity contribution in [3.05, 3.63) is 65.2 Å². The maximum absolute atomic E-state index is 12.9. The predicted molar refractivity (Wildman–Crippen MR) is 81.8 cm³/mol. The van der Waals surface area contributed by atoms with E-state index in [0.29, 0.717) is 5.56 Å². The molecule has 2 aromatic rings. The number of hydrogen-bond acceptors (Lipinski definition) is 3. The fraction of sp³-hybridized carbons (Fsp3) is 0.0588. The standard InChI is InChI=1S/C17H11F3N2O2/c18-17(19,20)14-6-1-2-7-15(14)22-16(24)12(10-21)8-11-4-3-5-13(23)9-11/h1-9,23H,(H,22,24)/b12-8-. The van der Waals surface area contributed by atoms with Gasteiger partial charge in [-0.05, 0) is 35.9 Å². The van der Waals surface area contributed by atoms with Crippen LogP contribution in [0.3, 0.4) is 0 Å². The Morgan fingerprint density at radius 3 is 2.50 bits per heavy atom. The highest BCUT2D eigenvalue weighted by molar-refractivity contribution is 6.10. The lowest BCUT2D eigenvalue weighted by Gasteiger charge is -2.13. The summed E-state index contributed by atoms with van der Waals surface area (Å²) in [6, 6.07) is 11.9. The number of para-hydroxylation sites is 1. The van der Waals surface area contributed by atoms with Crippen molar-refractivity contribution in [2.75, 3.05) is 5.32 Å². The molecule has 0 spiro atoms. The molecule has 2 N–H and O–H groups in total. The maximum Gasteiger partial charge on any atom is 0.418 e. The quantitative estimate of drug-likeness (QED) is 0.660. The second-order valence-corrected chi connectivity index (χ2v) is 4.76. The van der Waals surface area contributed by atoms with E-state index in [1.807, 2.05) is 0 Å². The number of benzene rings is 2. The van der Waals surface area contributed by atoms with Crippen molar-refractivity contribution in [2.24, 2.45) is 0 Å². The highest BCUT2D eigenvalue weighted by atomic mass is 19.4. The zero-order valence-electron chi connectivity index (χ0n) is 12.1. The van der Waals surface area contributed by atoms with Crippen LogP contribution in [0.1, 0.15) is 11.1 Å². The molecule has 0 fully saturated rings. The molecule has 4 nitrogen and oxygen atoms in total. The largest absolute Gasteiger partial charge is 0.508 e. The third-order valence-electron chi connectivity index (χ3n) is 3.03. The normalized spacial score (nSPS) is 11.7. The monoisotopic (exact) mass is 332 g/mol. The molecule has 0 saturated carbocycles. The summed E-state index contributed by atoms with van der Waals surface area (Å²) in [6.45, 7) is 0. The molecule has 2 aromatic carbocycles. The zero-order valence-corrected chi connectivity index (χ0v) is 12.1. The Labute approximate surface area is 135 Å². The molecule has 0 bridgehead atoms. The summed E-state index contributed by atoms with van der Waals surface area (Å²) in [5.41, 5.74) is -1.47. The van der Waals surface area contributed by atoms with Gasteiger partial charge in [0.15, 0.2) is 0 Å². The third-order valence-corrected chi connectivity index (χ3v) is 3.03. The number of hydrogen-bond donors (Lipinski definition) is 2. The fourth-order valence-corrected chi connectivity index (χ4v) is 1.96. The summed E-state index contributed by atoms with van der Waals surface area (Å²) in [5, 5.41) is 20.5. The van der Waals surface area contributed by atoms with E-state index in [9.17, 15) is 23.1 Å². The van der Waals surface area contributed by atoms with Gasteiger partial charge in [-0.15, -0.1) is 0 Å². The highest BCUT2D eigenvalue weighted by Gasteiger charge is 2.33. The molecule has 1 amide bonds. The molecule has 24 heavy (non-hydrogen) atoms. The van der Waals surface area contributed by atoms with Crippen LogP contribution in [0.4, 0.5) is 18.9 Å². The molecule has 0 aliphatic heterocycles. The van der Waals surface area contributed by atoms with Crippen molar-refractivity contribution in [3.63, 3.8) is 0 Å². The Morgan fingerprint density at radius 1 is 1.17 bits per heavy atom. The van der Waals surface area contributed by atoms with E-state index in [1.165, 1.54) is 42.5 Å². The van der Waals surface area contributed by atoms with Gasteiger partial charge < -0.3 is 10.4 Å². The number of carbonyl (C=O) groups excluding carboxylic acids is 1. The molecule has 0 saturated heterocycles. The van der Waals surface area contributed by atoms with Crippen molar-refractivity contribution in [2.45, 2.75) is 6.18 Å². The summed E-state index contributed by atoms with van der Waals surface area (Å²) in [6.07, 6.45) is -3.46. The molecular weight excluding hydrogens is 321 g/mol. The van der Waals surface area contributed by atoms with E-state index in [-0.39, 0.29) is 5.75 Å². The number of halogens is 3. The number of rotatable bonds is 3. The van der Waals surface area contributed by atoms with Gasteiger partial charge in [0, 0.05) is 0 Å². The minimum Gasteiger partial charge on any atom is -0.508 e. The van der Waals surface area contributed by atoms with Crippen LogP contribution in [0, 0.1) is 11.3 Å². The van der Waals surface area contributed by atoms with Gasteiger partial charge in [0.2, 0.25) is 0 Å². The fourth-order valence-electron chi connectivity index (χ4n) is 1.96. The number of carbonyl (C=O) groups is 1. The van der Waals surface area contributed by atoms with E-state index < -0.39 is 28.9 Å². The summed E-state index contributed by atoms with van der Waals surface area (Å²) < 4.78 is 38.7. The Morgan fingerprint density at radius 2 is 1.88 bits per heavy atom. The minimum absolute atomic E-state index is 0.0659. The zero-order chi connectivity index (χ0) is 17.7. The Kier molecular flexibility index (Phi) is 4.90. The first-order valence-electron chi connectivity index (χ1n) is 6.69. The summed E-state index contributed by atoms with van der Waals surface area (Å²) in [5.74, 6) is -1.04. The number of nitrogens with one attached hydrogen (secondary N) is 1. The van der Waals surface area contributed by atoms with Crippen LogP contribution in [-0.4, -0.2) is 11.0 Å². The molecule has 7 heteroatoms. The molecule has 2 rings (SSSR count). The van der Waals surface area contributed by atoms with Gasteiger partial charge in [0.25, 0.3) is 5.91 Å². The van der Waals surface area contributed by atoms with E-state index in [4.69, 9.17) is 5.26 Å². The van der Waals surface area contributed by atoms with Gasteiger partial charge in [0.1, 0.15) is 17.4 Å². The van der Waals surface area contributed by atoms with Crippen LogP contribution in [0.15, 0.2) is 54.1 Å². The number of phenols is 1. The summed E-state index contributed by atoms with van der Waals surface area (Å²) in [4.78, 5) is 12.1. The van der Waals surface area contributed by atoms with Gasteiger partial charge in [0.05, 0.1) is 11.3 Å². The van der Waals surface area contributed by atoms with Crippen LogP contribution in [0.2, 0.25) is 0 Å². The number of nitriles is 1. The molecule has 0 atom stereocenters. The van der Waals surface area contributed by atoms with Crippen LogP contribution < -0.4 is 5.32 Å². The first-order valence-corrected chi connectivity index (χ1v) is 6.69. The topological polar surface area (TPSA) is 73.1 Å². The predicted octanol–water partition coefficient (Wildman–Crippen LogP) is 3.96. The number of anilines is 1. The lowest BCUT2D eigenvalue weighted by Crippen LogP contribution is -2.17. The van der Waals surface area contributed by atoms with E-state index in [0.717, 1.165) is 12.1 Å². The molecule has 0 aliphatic carbocycles. The molecule has 0 aliphatic rings. The van der Waals surface area contributed by atoms with E-state index in [1.54, 1.807) is 6.07 Å². The van der Waals surface area contributed by atoms with Gasteiger partial charge in [-0.25, -0.2) is 0 Å². The number of amides is 1. The van der Waals surface area contributed by atoms with Gasteiger partial charge in [-0.3, -0.25) is 4.79 Å². The highest BCUT2D eigenvalue weighted by Crippen LogP contribution is 2.34. The van der Waals surface area contributed by atoms with E-state index in [2.05, 4.69) is 5.32 Å². The number of nitrogens with zero attached hydrogens (tertiary/aromatic N) is 1. The second-order valence-electron chi connectivity index (χ2n) is 4.76. The van der Waals surface area contributed by atoms with Gasteiger partial charge in [-0.2, -0.15) is 18.4 Å². The summed E-state index contributed by atoms with van der Waals surface area (Å²) in [7, 11) is 0. The smallest absolute Gasteiger partial charge is 0.418 e. The van der Waals surface area contributed by atoms with Crippen LogP contribution in [0.25, 0.3) is 6.08 Å². The molecule has 0 heterocycles. The molecule has 0 unspecified atom stereocenters. The van der Waals surface area contributed by atoms with Crippen molar-refractivity contribution < 1.29 is 23.1 Å². The average molecular weight is 332 g/mol. The SMILES string of the molecule is N#C/C(=C/c1cccc(O)c1)C(=O)Nc1ccccc1C(F)(F)F. The molecule has 0 aromatic heterocycles. The van der Waals surface area contributed by atoms with Gasteiger partial charge >= 0.3 is 6.18 Å². The van der Waals surface area contributed by atoms with Crippen LogP contribution >= 0.6 is 0 Å². The summed E-state index contributed by atoms with van der Waals surface area (Å²) >= 11 is 0.